The number of fused-ring (bicyclic) bond motifs is 1. The Morgan fingerprint density at radius 1 is 1.12 bits per heavy atom. The number of rotatable bonds is 7. The van der Waals surface area contributed by atoms with Crippen molar-refractivity contribution in [2.45, 2.75) is 33.1 Å². The van der Waals surface area contributed by atoms with Gasteiger partial charge in [0.1, 0.15) is 11.3 Å². The van der Waals surface area contributed by atoms with Crippen LogP contribution in [0.3, 0.4) is 0 Å². The Hall–Kier alpha value is -3.31. The largest absolute Gasteiger partial charge is 0.484 e. The Labute approximate surface area is 192 Å². The summed E-state index contributed by atoms with van der Waals surface area (Å²) in [6, 6.07) is 18.9. The Morgan fingerprint density at radius 3 is 2.66 bits per heavy atom. The number of anilines is 1. The van der Waals surface area contributed by atoms with Crippen molar-refractivity contribution < 1.29 is 13.9 Å². The van der Waals surface area contributed by atoms with Crippen LogP contribution < -0.4 is 10.1 Å². The first kappa shape index (κ1) is 21.9. The van der Waals surface area contributed by atoms with Crippen LogP contribution >= 0.6 is 11.6 Å². The summed E-state index contributed by atoms with van der Waals surface area (Å²) in [6.45, 7) is 6.25. The van der Waals surface area contributed by atoms with Gasteiger partial charge in [0.2, 0.25) is 5.89 Å². The molecule has 0 unspecified atom stereocenters. The van der Waals surface area contributed by atoms with Gasteiger partial charge in [0.15, 0.2) is 12.2 Å². The van der Waals surface area contributed by atoms with E-state index in [0.29, 0.717) is 39.4 Å². The molecule has 4 rings (SSSR count). The number of nitrogens with one attached hydrogen (secondary N) is 1. The van der Waals surface area contributed by atoms with Crippen molar-refractivity contribution in [3.8, 4) is 17.2 Å². The lowest BCUT2D eigenvalue weighted by Gasteiger charge is -2.11. The molecule has 0 radical (unpaired) electrons. The molecule has 0 spiro atoms. The highest BCUT2D eigenvalue weighted by Gasteiger charge is 2.14. The standard InChI is InChI=1S/C26H25ClN2O3/c1-4-17(3)18-6-9-20(10-7-18)31-15-25(30)28-19-8-11-22(27)21(14-19)26-29-23-13-16(2)5-12-24(23)32-26/h5-14,17H,4,15H2,1-3H3,(H,28,30)/t17-/m0/s1. The number of hydrogen-bond acceptors (Lipinski definition) is 4. The zero-order valence-corrected chi connectivity index (χ0v) is 19.1. The second kappa shape index (κ2) is 9.45. The summed E-state index contributed by atoms with van der Waals surface area (Å²) in [5, 5.41) is 3.33. The van der Waals surface area contributed by atoms with Crippen molar-refractivity contribution in [2.24, 2.45) is 0 Å². The second-order valence-electron chi connectivity index (χ2n) is 7.90. The first-order chi connectivity index (χ1) is 15.4. The van der Waals surface area contributed by atoms with Crippen LogP contribution in [-0.4, -0.2) is 17.5 Å². The predicted octanol–water partition coefficient (Wildman–Crippen LogP) is 6.99. The summed E-state index contributed by atoms with van der Waals surface area (Å²) >= 11 is 6.38. The van der Waals surface area contributed by atoms with E-state index >= 15 is 0 Å². The molecule has 164 valence electrons. The molecule has 3 aromatic carbocycles. The Kier molecular flexibility index (Phi) is 6.47. The van der Waals surface area contributed by atoms with Gasteiger partial charge in [-0.25, -0.2) is 4.98 Å². The molecule has 1 aromatic heterocycles. The van der Waals surface area contributed by atoms with Crippen molar-refractivity contribution in [1.29, 1.82) is 0 Å². The van der Waals surface area contributed by atoms with Crippen molar-refractivity contribution in [3.05, 3.63) is 76.8 Å². The molecule has 0 aliphatic rings. The molecule has 1 N–H and O–H groups in total. The van der Waals surface area contributed by atoms with Gasteiger partial charge in [0, 0.05) is 5.69 Å². The molecule has 5 nitrogen and oxygen atoms in total. The maximum Gasteiger partial charge on any atom is 0.262 e. The van der Waals surface area contributed by atoms with Crippen LogP contribution in [-0.2, 0) is 4.79 Å². The Balaban J connectivity index is 1.43. The number of ether oxygens (including phenoxy) is 1. The lowest BCUT2D eigenvalue weighted by Crippen LogP contribution is -2.20. The molecule has 0 saturated heterocycles. The van der Waals surface area contributed by atoms with Gasteiger partial charge < -0.3 is 14.5 Å². The Bertz CT molecular complexity index is 1250. The fourth-order valence-electron chi connectivity index (χ4n) is 3.39. The van der Waals surface area contributed by atoms with E-state index in [1.54, 1.807) is 18.2 Å². The molecular weight excluding hydrogens is 424 g/mol. The summed E-state index contributed by atoms with van der Waals surface area (Å²) in [4.78, 5) is 16.9. The maximum absolute atomic E-state index is 12.4. The van der Waals surface area contributed by atoms with E-state index in [9.17, 15) is 4.79 Å². The van der Waals surface area contributed by atoms with Crippen LogP contribution in [0.5, 0.6) is 5.75 Å². The number of nitrogens with zero attached hydrogens (tertiary/aromatic N) is 1. The number of amides is 1. The number of benzene rings is 3. The monoisotopic (exact) mass is 448 g/mol. The number of carbonyl (C=O) groups excluding carboxylic acids is 1. The summed E-state index contributed by atoms with van der Waals surface area (Å²) in [5.74, 6) is 1.30. The van der Waals surface area contributed by atoms with E-state index in [-0.39, 0.29) is 12.5 Å². The second-order valence-corrected chi connectivity index (χ2v) is 8.31. The SMILES string of the molecule is CC[C@H](C)c1ccc(OCC(=O)Nc2ccc(Cl)c(-c3nc4cc(C)ccc4o3)c2)cc1. The fraction of sp³-hybridized carbons (Fsp3) is 0.231. The molecule has 0 aliphatic carbocycles. The van der Waals surface area contributed by atoms with Crippen LogP contribution in [0.4, 0.5) is 5.69 Å². The fourth-order valence-corrected chi connectivity index (χ4v) is 3.59. The zero-order valence-electron chi connectivity index (χ0n) is 18.3. The van der Waals surface area contributed by atoms with E-state index in [1.807, 2.05) is 49.4 Å². The predicted molar refractivity (Wildman–Crippen MR) is 128 cm³/mol. The van der Waals surface area contributed by atoms with Crippen LogP contribution in [0, 0.1) is 6.92 Å². The number of hydrogen-bond donors (Lipinski definition) is 1. The van der Waals surface area contributed by atoms with Crippen molar-refractivity contribution >= 4 is 34.3 Å². The minimum Gasteiger partial charge on any atom is -0.484 e. The highest BCUT2D eigenvalue weighted by atomic mass is 35.5. The van der Waals surface area contributed by atoms with Crippen LogP contribution in [0.2, 0.25) is 5.02 Å². The summed E-state index contributed by atoms with van der Waals surface area (Å²) in [5.41, 5.74) is 5.00. The highest BCUT2D eigenvalue weighted by molar-refractivity contribution is 6.33. The Morgan fingerprint density at radius 2 is 1.91 bits per heavy atom. The van der Waals surface area contributed by atoms with Gasteiger partial charge in [-0.1, -0.05) is 43.6 Å². The summed E-state index contributed by atoms with van der Waals surface area (Å²) < 4.78 is 11.5. The van der Waals surface area contributed by atoms with Gasteiger partial charge in [-0.2, -0.15) is 0 Å². The maximum atomic E-state index is 12.4. The molecular formula is C26H25ClN2O3. The van der Waals surface area contributed by atoms with Crippen LogP contribution in [0.15, 0.2) is 65.1 Å². The molecule has 1 atom stereocenters. The lowest BCUT2D eigenvalue weighted by molar-refractivity contribution is -0.118. The molecule has 1 heterocycles. The third-order valence-corrected chi connectivity index (χ3v) is 5.78. The molecule has 0 aliphatic heterocycles. The van der Waals surface area contributed by atoms with E-state index in [2.05, 4.69) is 24.1 Å². The number of halogens is 1. The van der Waals surface area contributed by atoms with E-state index in [1.165, 1.54) is 5.56 Å². The molecule has 6 heteroatoms. The summed E-state index contributed by atoms with van der Waals surface area (Å²) in [7, 11) is 0. The highest BCUT2D eigenvalue weighted by Crippen LogP contribution is 2.32. The van der Waals surface area contributed by atoms with Crippen molar-refractivity contribution in [3.63, 3.8) is 0 Å². The van der Waals surface area contributed by atoms with Crippen LogP contribution in [0.1, 0.15) is 37.3 Å². The first-order valence-electron chi connectivity index (χ1n) is 10.6. The van der Waals surface area contributed by atoms with Crippen molar-refractivity contribution in [1.82, 2.24) is 4.98 Å². The third-order valence-electron chi connectivity index (χ3n) is 5.46. The molecule has 1 amide bonds. The topological polar surface area (TPSA) is 64.4 Å². The van der Waals surface area contributed by atoms with Crippen molar-refractivity contribution in [2.75, 3.05) is 11.9 Å². The van der Waals surface area contributed by atoms with Gasteiger partial charge in [-0.05, 0) is 72.9 Å². The first-order valence-corrected chi connectivity index (χ1v) is 11.0. The lowest BCUT2D eigenvalue weighted by atomic mass is 9.99. The van der Waals surface area contributed by atoms with Gasteiger partial charge >= 0.3 is 0 Å². The number of aryl methyl sites for hydroxylation is 1. The van der Waals surface area contributed by atoms with Crippen LogP contribution in [0.25, 0.3) is 22.6 Å². The number of carbonyl (C=O) groups is 1. The minimum absolute atomic E-state index is 0.0944. The third kappa shape index (κ3) is 4.94. The van der Waals surface area contributed by atoms with Gasteiger partial charge in [0.05, 0.1) is 10.6 Å². The minimum atomic E-state index is -0.266. The average Bonchev–Trinajstić information content (AvgIpc) is 3.21. The average molecular weight is 449 g/mol. The number of aromatic nitrogens is 1. The van der Waals surface area contributed by atoms with E-state index < -0.39 is 0 Å². The molecule has 4 aromatic rings. The van der Waals surface area contributed by atoms with Gasteiger partial charge in [-0.15, -0.1) is 0 Å². The normalized spacial score (nSPS) is 12.0. The molecule has 0 bridgehead atoms. The molecule has 0 fully saturated rings. The number of oxazole rings is 1. The zero-order chi connectivity index (χ0) is 22.7. The molecule has 32 heavy (non-hydrogen) atoms. The summed E-state index contributed by atoms with van der Waals surface area (Å²) in [6.07, 6.45) is 1.08. The van der Waals surface area contributed by atoms with E-state index in [0.717, 1.165) is 17.5 Å². The van der Waals surface area contributed by atoms with E-state index in [4.69, 9.17) is 20.8 Å². The smallest absolute Gasteiger partial charge is 0.262 e. The quantitative estimate of drug-likeness (QED) is 0.331. The van der Waals surface area contributed by atoms with Gasteiger partial charge in [-0.3, -0.25) is 4.79 Å². The van der Waals surface area contributed by atoms with Gasteiger partial charge in [0.25, 0.3) is 5.91 Å². The molecule has 0 saturated carbocycles.